The van der Waals surface area contributed by atoms with Gasteiger partial charge in [0.05, 0.1) is 16.1 Å². The quantitative estimate of drug-likeness (QED) is 0.791. The van der Waals surface area contributed by atoms with Crippen molar-refractivity contribution in [3.8, 4) is 0 Å². The predicted octanol–water partition coefficient (Wildman–Crippen LogP) is 3.75. The normalized spacial score (nSPS) is 27.5. The number of sulfone groups is 1. The second kappa shape index (κ2) is 4.60. The molecular weight excluding hydrogens is 301 g/mol. The first-order valence-corrected chi connectivity index (χ1v) is 8.42. The second-order valence-electron chi connectivity index (χ2n) is 5.75. The van der Waals surface area contributed by atoms with Crippen molar-refractivity contribution in [2.75, 3.05) is 0 Å². The van der Waals surface area contributed by atoms with Crippen molar-refractivity contribution in [3.05, 3.63) is 41.0 Å². The SMILES string of the molecule is Cc1ccc(C(F)(F)F)cc1C1=CC2CCC(C1)S2(=O)=O. The predicted molar refractivity (Wildman–Crippen MR) is 74.5 cm³/mol. The molecule has 2 bridgehead atoms. The van der Waals surface area contributed by atoms with Crippen LogP contribution in [0.1, 0.15) is 36.0 Å². The van der Waals surface area contributed by atoms with Crippen LogP contribution in [-0.2, 0) is 16.0 Å². The highest BCUT2D eigenvalue weighted by atomic mass is 32.2. The number of hydrogen-bond donors (Lipinski definition) is 0. The largest absolute Gasteiger partial charge is 0.416 e. The number of aryl methyl sites for hydroxylation is 1. The van der Waals surface area contributed by atoms with Crippen molar-refractivity contribution in [2.45, 2.75) is 42.9 Å². The molecule has 1 aromatic carbocycles. The first kappa shape index (κ1) is 14.6. The molecule has 1 saturated heterocycles. The van der Waals surface area contributed by atoms with Gasteiger partial charge in [0.25, 0.3) is 0 Å². The summed E-state index contributed by atoms with van der Waals surface area (Å²) in [5.74, 6) is 0. The Morgan fingerprint density at radius 3 is 2.52 bits per heavy atom. The van der Waals surface area contributed by atoms with Gasteiger partial charge >= 0.3 is 6.18 Å². The van der Waals surface area contributed by atoms with E-state index in [-0.39, 0.29) is 0 Å². The highest BCUT2D eigenvalue weighted by molar-refractivity contribution is 7.93. The Bertz CT molecular complexity index is 717. The lowest BCUT2D eigenvalue weighted by atomic mass is 9.94. The van der Waals surface area contributed by atoms with E-state index in [0.717, 1.165) is 23.3 Å². The highest BCUT2D eigenvalue weighted by Gasteiger charge is 2.43. The molecule has 6 heteroatoms. The minimum absolute atomic E-state index is 0.320. The Hall–Kier alpha value is -1.30. The Morgan fingerprint density at radius 2 is 1.90 bits per heavy atom. The van der Waals surface area contributed by atoms with Crippen LogP contribution in [0.2, 0.25) is 0 Å². The van der Waals surface area contributed by atoms with Crippen molar-refractivity contribution in [1.82, 2.24) is 0 Å². The summed E-state index contributed by atoms with van der Waals surface area (Å²) in [7, 11) is -3.12. The number of rotatable bonds is 1. The Kier molecular flexibility index (Phi) is 3.20. The summed E-state index contributed by atoms with van der Waals surface area (Å²) in [4.78, 5) is 0. The molecule has 0 aromatic heterocycles. The van der Waals surface area contributed by atoms with E-state index < -0.39 is 32.1 Å². The van der Waals surface area contributed by atoms with Crippen molar-refractivity contribution in [2.24, 2.45) is 0 Å². The molecule has 1 aromatic rings. The van der Waals surface area contributed by atoms with Crippen molar-refractivity contribution in [1.29, 1.82) is 0 Å². The first-order chi connectivity index (χ1) is 9.69. The van der Waals surface area contributed by atoms with Gasteiger partial charge in [0.2, 0.25) is 0 Å². The monoisotopic (exact) mass is 316 g/mol. The third-order valence-electron chi connectivity index (χ3n) is 4.41. The average Bonchev–Trinajstić information content (AvgIpc) is 2.57. The van der Waals surface area contributed by atoms with Crippen LogP contribution in [0.3, 0.4) is 0 Å². The van der Waals surface area contributed by atoms with E-state index >= 15 is 0 Å². The van der Waals surface area contributed by atoms with Gasteiger partial charge in [-0.2, -0.15) is 13.2 Å². The summed E-state index contributed by atoms with van der Waals surface area (Å²) < 4.78 is 62.6. The van der Waals surface area contributed by atoms with E-state index in [4.69, 9.17) is 0 Å². The van der Waals surface area contributed by atoms with Crippen LogP contribution in [0.4, 0.5) is 13.2 Å². The average molecular weight is 316 g/mol. The Morgan fingerprint density at radius 1 is 1.19 bits per heavy atom. The van der Waals surface area contributed by atoms with Crippen LogP contribution in [-0.4, -0.2) is 18.9 Å². The lowest BCUT2D eigenvalue weighted by molar-refractivity contribution is -0.137. The molecule has 0 amide bonds. The van der Waals surface area contributed by atoms with Gasteiger partial charge in [-0.15, -0.1) is 0 Å². The zero-order valence-electron chi connectivity index (χ0n) is 11.4. The number of hydrogen-bond acceptors (Lipinski definition) is 2. The van der Waals surface area contributed by atoms with Crippen LogP contribution in [0.15, 0.2) is 24.3 Å². The molecule has 2 unspecified atom stereocenters. The lowest BCUT2D eigenvalue weighted by Gasteiger charge is -2.22. The maximum absolute atomic E-state index is 12.8. The summed E-state index contributed by atoms with van der Waals surface area (Å²) in [5, 5.41) is -0.961. The molecule has 114 valence electrons. The van der Waals surface area contributed by atoms with Gasteiger partial charge in [0.15, 0.2) is 9.84 Å². The molecule has 0 aliphatic carbocycles. The third kappa shape index (κ3) is 2.39. The van der Waals surface area contributed by atoms with Crippen LogP contribution in [0, 0.1) is 6.92 Å². The number of benzene rings is 1. The van der Waals surface area contributed by atoms with E-state index in [0.29, 0.717) is 24.8 Å². The maximum Gasteiger partial charge on any atom is 0.416 e. The zero-order valence-corrected chi connectivity index (χ0v) is 12.3. The highest BCUT2D eigenvalue weighted by Crippen LogP contribution is 2.42. The minimum atomic E-state index is -4.39. The number of allylic oxidation sites excluding steroid dienone is 1. The lowest BCUT2D eigenvalue weighted by Crippen LogP contribution is -2.26. The second-order valence-corrected chi connectivity index (χ2v) is 8.20. The smallest absolute Gasteiger partial charge is 0.228 e. The molecule has 2 aliphatic heterocycles. The summed E-state index contributed by atoms with van der Waals surface area (Å²) in [5.41, 5.74) is 1.32. The van der Waals surface area contributed by atoms with Crippen LogP contribution >= 0.6 is 0 Å². The molecule has 0 radical (unpaired) electrons. The number of halogens is 3. The minimum Gasteiger partial charge on any atom is -0.228 e. The van der Waals surface area contributed by atoms with Gasteiger partial charge in [-0.25, -0.2) is 8.42 Å². The van der Waals surface area contributed by atoms with Gasteiger partial charge in [0.1, 0.15) is 0 Å². The topological polar surface area (TPSA) is 34.1 Å². The maximum atomic E-state index is 12.8. The van der Waals surface area contributed by atoms with E-state index in [1.54, 1.807) is 13.0 Å². The fourth-order valence-corrected chi connectivity index (χ4v) is 5.39. The summed E-state index contributed by atoms with van der Waals surface area (Å²) in [6, 6.07) is 3.65. The molecule has 0 N–H and O–H groups in total. The summed E-state index contributed by atoms with van der Waals surface area (Å²) in [6.07, 6.45) is -1.23. The van der Waals surface area contributed by atoms with E-state index in [2.05, 4.69) is 0 Å². The molecule has 0 saturated carbocycles. The van der Waals surface area contributed by atoms with Gasteiger partial charge in [-0.1, -0.05) is 12.1 Å². The van der Waals surface area contributed by atoms with E-state index in [1.165, 1.54) is 6.07 Å². The van der Waals surface area contributed by atoms with Crippen LogP contribution < -0.4 is 0 Å². The van der Waals surface area contributed by atoms with Crippen molar-refractivity contribution < 1.29 is 21.6 Å². The molecule has 21 heavy (non-hydrogen) atoms. The molecular formula is C15H15F3O2S. The summed E-state index contributed by atoms with van der Waals surface area (Å²) >= 11 is 0. The van der Waals surface area contributed by atoms with Crippen molar-refractivity contribution in [3.63, 3.8) is 0 Å². The van der Waals surface area contributed by atoms with Gasteiger partial charge in [0, 0.05) is 0 Å². The van der Waals surface area contributed by atoms with Gasteiger partial charge in [-0.3, -0.25) is 0 Å². The zero-order chi connectivity index (χ0) is 15.4. The van der Waals surface area contributed by atoms with Gasteiger partial charge in [-0.05, 0) is 55.0 Å². The van der Waals surface area contributed by atoms with Crippen molar-refractivity contribution >= 4 is 15.4 Å². The third-order valence-corrected chi connectivity index (χ3v) is 6.95. The molecule has 0 spiro atoms. The number of alkyl halides is 3. The number of fused-ring (bicyclic) bond motifs is 2. The van der Waals surface area contributed by atoms with E-state index in [1.807, 2.05) is 0 Å². The van der Waals surface area contributed by atoms with E-state index in [9.17, 15) is 21.6 Å². The Labute approximate surface area is 121 Å². The molecule has 3 rings (SSSR count). The molecule has 2 atom stereocenters. The molecule has 2 aliphatic rings. The standard InChI is InChI=1S/C15H15F3O2S/c1-9-2-3-11(15(16,17)18)8-14(9)10-6-12-4-5-13(7-10)21(12,19)20/h2-3,6,8,12-13H,4-5,7H2,1H3. The summed E-state index contributed by atoms with van der Waals surface area (Å²) in [6.45, 7) is 1.75. The fourth-order valence-electron chi connectivity index (χ4n) is 3.20. The Balaban J connectivity index is 2.06. The van der Waals surface area contributed by atoms with Crippen LogP contribution in [0.5, 0.6) is 0 Å². The van der Waals surface area contributed by atoms with Crippen LogP contribution in [0.25, 0.3) is 5.57 Å². The first-order valence-electron chi connectivity index (χ1n) is 6.81. The fraction of sp³-hybridized carbons (Fsp3) is 0.467. The molecule has 2 nitrogen and oxygen atoms in total. The van der Waals surface area contributed by atoms with Gasteiger partial charge < -0.3 is 0 Å². The molecule has 2 heterocycles. The molecule has 1 fully saturated rings.